The van der Waals surface area contributed by atoms with Gasteiger partial charge in [0.15, 0.2) is 0 Å². The highest BCUT2D eigenvalue weighted by molar-refractivity contribution is 5.92. The predicted molar refractivity (Wildman–Crippen MR) is 117 cm³/mol. The van der Waals surface area contributed by atoms with Gasteiger partial charge in [-0.2, -0.15) is 10.1 Å². The number of fused-ring (bicyclic) bond motifs is 1. The Morgan fingerprint density at radius 3 is 2.79 bits per heavy atom. The molecule has 0 aliphatic carbocycles. The molecule has 0 aromatic carbocycles. The Morgan fingerprint density at radius 2 is 2.03 bits per heavy atom. The van der Waals surface area contributed by atoms with Crippen molar-refractivity contribution in [3.8, 4) is 0 Å². The molecule has 2 N–H and O–H groups in total. The van der Waals surface area contributed by atoms with Crippen LogP contribution < -0.4 is 5.32 Å². The molecule has 170 valence electrons. The van der Waals surface area contributed by atoms with Crippen LogP contribution in [0, 0.1) is 13.8 Å². The van der Waals surface area contributed by atoms with Crippen molar-refractivity contribution in [1.29, 1.82) is 0 Å². The summed E-state index contributed by atoms with van der Waals surface area (Å²) in [4.78, 5) is 35.7. The first-order valence-corrected chi connectivity index (χ1v) is 10.8. The van der Waals surface area contributed by atoms with Gasteiger partial charge < -0.3 is 14.6 Å². The van der Waals surface area contributed by atoms with E-state index >= 15 is 0 Å². The minimum Gasteiger partial charge on any atom is -0.467 e. The van der Waals surface area contributed by atoms with E-state index in [0.717, 1.165) is 29.9 Å². The van der Waals surface area contributed by atoms with Gasteiger partial charge in [0.25, 0.3) is 17.6 Å². The van der Waals surface area contributed by atoms with Crippen molar-refractivity contribution < 1.29 is 14.0 Å². The third-order valence-electron chi connectivity index (χ3n) is 5.87. The van der Waals surface area contributed by atoms with Crippen molar-refractivity contribution in [1.82, 2.24) is 40.0 Å². The Bertz CT molecular complexity index is 1300. The van der Waals surface area contributed by atoms with Gasteiger partial charge in [0, 0.05) is 36.1 Å². The van der Waals surface area contributed by atoms with Gasteiger partial charge in [0.2, 0.25) is 5.82 Å². The maximum absolute atomic E-state index is 13.0. The number of aryl methyl sites for hydroxylation is 2. The molecule has 5 heterocycles. The molecular formula is C22H24N8O3. The zero-order valence-electron chi connectivity index (χ0n) is 18.4. The van der Waals surface area contributed by atoms with Crippen molar-refractivity contribution in [2.45, 2.75) is 39.2 Å². The topological polar surface area (TPSA) is 134 Å². The summed E-state index contributed by atoms with van der Waals surface area (Å²) in [5.74, 6) is 0.996. The first-order chi connectivity index (χ1) is 16.0. The van der Waals surface area contributed by atoms with Gasteiger partial charge in [0.1, 0.15) is 11.5 Å². The molecule has 5 rings (SSSR count). The smallest absolute Gasteiger partial charge is 0.293 e. The van der Waals surface area contributed by atoms with Crippen LogP contribution in [0.15, 0.2) is 34.9 Å². The third-order valence-corrected chi connectivity index (χ3v) is 5.87. The van der Waals surface area contributed by atoms with E-state index in [9.17, 15) is 9.59 Å². The number of carbonyl (C=O) groups excluding carboxylic acids is 2. The summed E-state index contributed by atoms with van der Waals surface area (Å²) in [5.41, 5.74) is 2.94. The van der Waals surface area contributed by atoms with E-state index in [1.807, 2.05) is 19.9 Å². The molecule has 1 saturated heterocycles. The molecule has 2 amide bonds. The molecule has 1 fully saturated rings. The Morgan fingerprint density at radius 1 is 1.21 bits per heavy atom. The number of carbonyl (C=O) groups is 2. The van der Waals surface area contributed by atoms with Crippen LogP contribution in [-0.4, -0.2) is 59.6 Å². The lowest BCUT2D eigenvalue weighted by molar-refractivity contribution is 0.0699. The Balaban J connectivity index is 1.19. The SMILES string of the molecule is Cc1cc(C)n2nc(C(=O)N3CCC(c4cc(C(=O)NCc5ccco5)n[nH]4)CC3)nc2n1. The van der Waals surface area contributed by atoms with Crippen LogP contribution in [0.5, 0.6) is 0 Å². The average molecular weight is 448 g/mol. The molecule has 0 bridgehead atoms. The molecule has 0 radical (unpaired) electrons. The van der Waals surface area contributed by atoms with Gasteiger partial charge in [-0.05, 0) is 51.0 Å². The van der Waals surface area contributed by atoms with Crippen LogP contribution in [-0.2, 0) is 6.54 Å². The van der Waals surface area contributed by atoms with Crippen molar-refractivity contribution in [3.63, 3.8) is 0 Å². The summed E-state index contributed by atoms with van der Waals surface area (Å²) in [6.45, 7) is 5.25. The van der Waals surface area contributed by atoms with E-state index in [0.29, 0.717) is 36.9 Å². The molecule has 1 aliphatic heterocycles. The fraction of sp³-hybridized carbons (Fsp3) is 0.364. The van der Waals surface area contributed by atoms with Crippen molar-refractivity contribution in [3.05, 3.63) is 64.9 Å². The second-order valence-corrected chi connectivity index (χ2v) is 8.22. The molecule has 0 spiro atoms. The van der Waals surface area contributed by atoms with Gasteiger partial charge >= 0.3 is 0 Å². The first-order valence-electron chi connectivity index (χ1n) is 10.8. The van der Waals surface area contributed by atoms with Gasteiger partial charge in [-0.25, -0.2) is 9.50 Å². The average Bonchev–Trinajstić information content (AvgIpc) is 3.58. The minimum atomic E-state index is -0.265. The molecular weight excluding hydrogens is 424 g/mol. The summed E-state index contributed by atoms with van der Waals surface area (Å²) < 4.78 is 6.81. The summed E-state index contributed by atoms with van der Waals surface area (Å²) in [5, 5.41) is 14.3. The van der Waals surface area contributed by atoms with Crippen LogP contribution in [0.25, 0.3) is 5.78 Å². The van der Waals surface area contributed by atoms with E-state index in [1.165, 1.54) is 0 Å². The number of aromatic amines is 1. The summed E-state index contributed by atoms with van der Waals surface area (Å²) in [6, 6.07) is 7.25. The van der Waals surface area contributed by atoms with E-state index in [2.05, 4.69) is 30.6 Å². The second kappa shape index (κ2) is 8.49. The number of nitrogens with one attached hydrogen (secondary N) is 2. The Labute approximate surface area is 189 Å². The number of likely N-dealkylation sites (tertiary alicyclic amines) is 1. The number of nitrogens with zero attached hydrogens (tertiary/aromatic N) is 6. The molecule has 0 atom stereocenters. The molecule has 1 aliphatic rings. The lowest BCUT2D eigenvalue weighted by Crippen LogP contribution is -2.38. The third kappa shape index (κ3) is 4.21. The van der Waals surface area contributed by atoms with Gasteiger partial charge in [-0.15, -0.1) is 5.10 Å². The summed E-state index contributed by atoms with van der Waals surface area (Å²) in [7, 11) is 0. The van der Waals surface area contributed by atoms with Crippen molar-refractivity contribution >= 4 is 17.6 Å². The maximum atomic E-state index is 13.0. The van der Waals surface area contributed by atoms with Crippen LogP contribution in [0.3, 0.4) is 0 Å². The fourth-order valence-electron chi connectivity index (χ4n) is 4.13. The van der Waals surface area contributed by atoms with Crippen LogP contribution in [0.1, 0.15) is 62.7 Å². The largest absolute Gasteiger partial charge is 0.467 e. The zero-order valence-corrected chi connectivity index (χ0v) is 18.4. The van der Waals surface area contributed by atoms with Crippen molar-refractivity contribution in [2.24, 2.45) is 0 Å². The number of piperidine rings is 1. The van der Waals surface area contributed by atoms with Crippen LogP contribution in [0.2, 0.25) is 0 Å². The predicted octanol–water partition coefficient (Wildman–Crippen LogP) is 2.01. The first kappa shape index (κ1) is 20.9. The van der Waals surface area contributed by atoms with E-state index in [1.54, 1.807) is 33.9 Å². The Hall–Kier alpha value is -4.02. The molecule has 4 aromatic rings. The van der Waals surface area contributed by atoms with Gasteiger partial charge in [0.05, 0.1) is 12.8 Å². The quantitative estimate of drug-likeness (QED) is 0.477. The molecule has 0 saturated carbocycles. The summed E-state index contributed by atoms with van der Waals surface area (Å²) in [6.07, 6.45) is 3.07. The molecule has 11 nitrogen and oxygen atoms in total. The normalized spacial score (nSPS) is 14.7. The number of hydrogen-bond donors (Lipinski definition) is 2. The number of H-pyrrole nitrogens is 1. The number of amides is 2. The Kier molecular flexibility index (Phi) is 5.37. The van der Waals surface area contributed by atoms with Crippen molar-refractivity contribution in [2.75, 3.05) is 13.1 Å². The molecule has 4 aromatic heterocycles. The summed E-state index contributed by atoms with van der Waals surface area (Å²) >= 11 is 0. The maximum Gasteiger partial charge on any atom is 0.293 e. The second-order valence-electron chi connectivity index (χ2n) is 8.22. The molecule has 0 unspecified atom stereocenters. The van der Waals surface area contributed by atoms with Gasteiger partial charge in [-0.1, -0.05) is 0 Å². The van der Waals surface area contributed by atoms with Crippen LogP contribution >= 0.6 is 0 Å². The van der Waals surface area contributed by atoms with E-state index in [4.69, 9.17) is 4.42 Å². The van der Waals surface area contributed by atoms with Gasteiger partial charge in [-0.3, -0.25) is 14.7 Å². The number of rotatable bonds is 5. The van der Waals surface area contributed by atoms with E-state index in [-0.39, 0.29) is 23.6 Å². The lowest BCUT2D eigenvalue weighted by Gasteiger charge is -2.30. The molecule has 11 heteroatoms. The zero-order chi connectivity index (χ0) is 22.9. The monoisotopic (exact) mass is 448 g/mol. The highest BCUT2D eigenvalue weighted by atomic mass is 16.3. The van der Waals surface area contributed by atoms with Crippen LogP contribution in [0.4, 0.5) is 0 Å². The van der Waals surface area contributed by atoms with E-state index < -0.39 is 0 Å². The number of furan rings is 1. The highest BCUT2D eigenvalue weighted by Crippen LogP contribution is 2.27. The fourth-order valence-corrected chi connectivity index (χ4v) is 4.13. The lowest BCUT2D eigenvalue weighted by atomic mass is 9.93. The number of aromatic nitrogens is 6. The molecule has 33 heavy (non-hydrogen) atoms. The highest BCUT2D eigenvalue weighted by Gasteiger charge is 2.28. The standard InChI is InChI=1S/C22H24N8O3/c1-13-10-14(2)30-22(24-13)25-19(28-30)21(32)29-7-5-15(6-8-29)17-11-18(27-26-17)20(31)23-12-16-4-3-9-33-16/h3-4,9-11,15H,5-8,12H2,1-2H3,(H,23,31)(H,26,27). The minimum absolute atomic E-state index is 0.159. The number of hydrogen-bond acceptors (Lipinski definition) is 7.